The van der Waals surface area contributed by atoms with Gasteiger partial charge in [0.2, 0.25) is 5.88 Å². The van der Waals surface area contributed by atoms with Gasteiger partial charge in [-0.3, -0.25) is 4.90 Å². The number of hydrogen-bond acceptors (Lipinski definition) is 7. The quantitative estimate of drug-likeness (QED) is 0.704. The van der Waals surface area contributed by atoms with Crippen LogP contribution in [0.3, 0.4) is 0 Å². The van der Waals surface area contributed by atoms with Crippen molar-refractivity contribution in [3.05, 3.63) is 36.4 Å². The number of rotatable bonds is 4. The van der Waals surface area contributed by atoms with Gasteiger partial charge in [0.1, 0.15) is 6.33 Å². The van der Waals surface area contributed by atoms with E-state index in [1.807, 2.05) is 19.3 Å². The zero-order valence-corrected chi connectivity index (χ0v) is 14.5. The molecule has 0 amide bonds. The maximum Gasteiger partial charge on any atom is 0.224 e. The Kier molecular flexibility index (Phi) is 4.19. The fraction of sp³-hybridized carbons (Fsp3) is 0.412. The summed E-state index contributed by atoms with van der Waals surface area (Å²) in [5.74, 6) is 0.619. The lowest BCUT2D eigenvalue weighted by molar-refractivity contribution is 0.246. The van der Waals surface area contributed by atoms with E-state index in [9.17, 15) is 0 Å². The normalized spacial score (nSPS) is 15.7. The number of hydrogen-bond donors (Lipinski definition) is 0. The predicted molar refractivity (Wildman–Crippen MR) is 94.6 cm³/mol. The number of nitrogens with zero attached hydrogens (tertiary/aromatic N) is 7. The van der Waals surface area contributed by atoms with Crippen LogP contribution in [0, 0.1) is 0 Å². The summed E-state index contributed by atoms with van der Waals surface area (Å²) in [5.41, 5.74) is 3.10. The fourth-order valence-electron chi connectivity index (χ4n) is 3.23. The Morgan fingerprint density at radius 3 is 2.68 bits per heavy atom. The van der Waals surface area contributed by atoms with Gasteiger partial charge in [-0.05, 0) is 18.2 Å². The molecule has 1 aliphatic rings. The van der Waals surface area contributed by atoms with Crippen LogP contribution >= 0.6 is 0 Å². The molecule has 0 radical (unpaired) electrons. The highest BCUT2D eigenvalue weighted by Crippen LogP contribution is 2.27. The summed E-state index contributed by atoms with van der Waals surface area (Å²) in [6.07, 6.45) is 3.37. The van der Waals surface area contributed by atoms with Gasteiger partial charge in [-0.2, -0.15) is 15.0 Å². The first kappa shape index (κ1) is 15.8. The summed E-state index contributed by atoms with van der Waals surface area (Å²) in [5, 5.41) is 9.44. The van der Waals surface area contributed by atoms with E-state index in [0.717, 1.165) is 49.3 Å². The minimum atomic E-state index is 0.619. The number of fused-ring (bicyclic) bond motifs is 1. The summed E-state index contributed by atoms with van der Waals surface area (Å²) >= 11 is 0. The van der Waals surface area contributed by atoms with E-state index in [4.69, 9.17) is 4.74 Å². The number of anilines is 1. The smallest absolute Gasteiger partial charge is 0.224 e. The first-order valence-electron chi connectivity index (χ1n) is 8.34. The molecule has 2 aromatic heterocycles. The third-order valence-corrected chi connectivity index (χ3v) is 4.55. The average molecular weight is 339 g/mol. The average Bonchev–Trinajstić information content (AvgIpc) is 3.06. The van der Waals surface area contributed by atoms with Crippen molar-refractivity contribution in [1.29, 1.82) is 0 Å². The molecule has 4 rings (SSSR count). The van der Waals surface area contributed by atoms with Crippen LogP contribution in [0.1, 0.15) is 5.69 Å². The van der Waals surface area contributed by atoms with E-state index in [1.165, 1.54) is 12.0 Å². The Hall–Kier alpha value is -2.74. The first-order chi connectivity index (χ1) is 12.2. The SMILES string of the molecule is COc1ncnc2ccc(N3CCN(Cc4cnn(C)n4)CC3)cc12. The molecule has 0 spiro atoms. The second-order valence-electron chi connectivity index (χ2n) is 6.17. The molecule has 1 saturated heterocycles. The molecule has 3 heterocycles. The van der Waals surface area contributed by atoms with Gasteiger partial charge >= 0.3 is 0 Å². The Labute approximate surface area is 146 Å². The van der Waals surface area contributed by atoms with Gasteiger partial charge in [0, 0.05) is 45.5 Å². The lowest BCUT2D eigenvalue weighted by atomic mass is 10.2. The topological polar surface area (TPSA) is 72.2 Å². The minimum Gasteiger partial charge on any atom is -0.480 e. The summed E-state index contributed by atoms with van der Waals surface area (Å²) < 4.78 is 5.36. The van der Waals surface area contributed by atoms with Crippen LogP contribution in [0.25, 0.3) is 10.9 Å². The molecule has 0 bridgehead atoms. The van der Waals surface area contributed by atoms with Crippen LogP contribution in [0.4, 0.5) is 5.69 Å². The van der Waals surface area contributed by atoms with Gasteiger partial charge in [-0.25, -0.2) is 9.97 Å². The van der Waals surface area contributed by atoms with E-state index < -0.39 is 0 Å². The van der Waals surface area contributed by atoms with Crippen molar-refractivity contribution >= 4 is 16.6 Å². The highest BCUT2D eigenvalue weighted by atomic mass is 16.5. The van der Waals surface area contributed by atoms with Crippen LogP contribution in [0.2, 0.25) is 0 Å². The van der Waals surface area contributed by atoms with Gasteiger partial charge in [0.15, 0.2) is 0 Å². The Bertz CT molecular complexity index is 870. The summed E-state index contributed by atoms with van der Waals surface area (Å²) in [7, 11) is 3.48. The van der Waals surface area contributed by atoms with Gasteiger partial charge < -0.3 is 9.64 Å². The van der Waals surface area contributed by atoms with Crippen molar-refractivity contribution in [2.24, 2.45) is 7.05 Å². The summed E-state index contributed by atoms with van der Waals surface area (Å²) in [6.45, 7) is 4.79. The Balaban J connectivity index is 1.46. The fourth-order valence-corrected chi connectivity index (χ4v) is 3.23. The lowest BCUT2D eigenvalue weighted by Gasteiger charge is -2.35. The zero-order valence-electron chi connectivity index (χ0n) is 14.5. The van der Waals surface area contributed by atoms with Crippen LogP contribution in [-0.2, 0) is 13.6 Å². The molecule has 8 nitrogen and oxygen atoms in total. The predicted octanol–water partition coefficient (Wildman–Crippen LogP) is 1.09. The number of aryl methyl sites for hydroxylation is 1. The highest BCUT2D eigenvalue weighted by Gasteiger charge is 2.19. The number of benzene rings is 1. The van der Waals surface area contributed by atoms with Crippen LogP contribution in [0.15, 0.2) is 30.7 Å². The molecule has 1 fully saturated rings. The highest BCUT2D eigenvalue weighted by molar-refractivity contribution is 5.86. The monoisotopic (exact) mass is 339 g/mol. The Morgan fingerprint density at radius 1 is 1.12 bits per heavy atom. The van der Waals surface area contributed by atoms with Crippen molar-refractivity contribution in [1.82, 2.24) is 29.9 Å². The largest absolute Gasteiger partial charge is 0.480 e. The molecular formula is C17H21N7O. The molecule has 1 aromatic carbocycles. The maximum atomic E-state index is 5.36. The van der Waals surface area contributed by atoms with E-state index in [2.05, 4.69) is 42.1 Å². The van der Waals surface area contributed by atoms with E-state index in [-0.39, 0.29) is 0 Å². The van der Waals surface area contributed by atoms with Crippen LogP contribution in [0.5, 0.6) is 5.88 Å². The third-order valence-electron chi connectivity index (χ3n) is 4.55. The Morgan fingerprint density at radius 2 is 1.96 bits per heavy atom. The van der Waals surface area contributed by atoms with E-state index in [0.29, 0.717) is 5.88 Å². The van der Waals surface area contributed by atoms with Crippen LogP contribution in [-0.4, -0.2) is 63.2 Å². The molecular weight excluding hydrogens is 318 g/mol. The second kappa shape index (κ2) is 6.64. The first-order valence-corrected chi connectivity index (χ1v) is 8.34. The standard InChI is InChI=1S/C17H21N7O/c1-22-20-10-13(21-22)11-23-5-7-24(8-6-23)14-3-4-16-15(9-14)17(25-2)19-12-18-16/h3-4,9-10,12H,5-8,11H2,1-2H3. The van der Waals surface area contributed by atoms with Crippen LogP contribution < -0.4 is 9.64 Å². The van der Waals surface area contributed by atoms with Crippen molar-refractivity contribution < 1.29 is 4.74 Å². The maximum absolute atomic E-state index is 5.36. The van der Waals surface area contributed by atoms with E-state index in [1.54, 1.807) is 11.9 Å². The summed E-state index contributed by atoms with van der Waals surface area (Å²) in [4.78, 5) is 14.9. The molecule has 0 N–H and O–H groups in total. The van der Waals surface area contributed by atoms with Gasteiger partial charge in [-0.1, -0.05) is 0 Å². The second-order valence-corrected chi connectivity index (χ2v) is 6.17. The molecule has 25 heavy (non-hydrogen) atoms. The van der Waals surface area contributed by atoms with Crippen molar-refractivity contribution in [3.63, 3.8) is 0 Å². The number of ether oxygens (including phenoxy) is 1. The van der Waals surface area contributed by atoms with Gasteiger partial charge in [-0.15, -0.1) is 0 Å². The van der Waals surface area contributed by atoms with Crippen molar-refractivity contribution in [2.75, 3.05) is 38.2 Å². The molecule has 0 saturated carbocycles. The third kappa shape index (κ3) is 3.25. The van der Waals surface area contributed by atoms with E-state index >= 15 is 0 Å². The molecule has 1 aliphatic heterocycles. The number of piperazine rings is 1. The molecule has 0 aliphatic carbocycles. The molecule has 0 atom stereocenters. The number of aromatic nitrogens is 5. The summed E-state index contributed by atoms with van der Waals surface area (Å²) in [6, 6.07) is 6.26. The zero-order chi connectivity index (χ0) is 17.2. The molecule has 130 valence electrons. The number of methoxy groups -OCH3 is 1. The minimum absolute atomic E-state index is 0.619. The van der Waals surface area contributed by atoms with Gasteiger partial charge in [0.25, 0.3) is 0 Å². The lowest BCUT2D eigenvalue weighted by Crippen LogP contribution is -2.46. The van der Waals surface area contributed by atoms with Gasteiger partial charge in [0.05, 0.1) is 29.9 Å². The van der Waals surface area contributed by atoms with Crippen molar-refractivity contribution in [2.45, 2.75) is 6.54 Å². The molecule has 3 aromatic rings. The van der Waals surface area contributed by atoms with Crippen molar-refractivity contribution in [3.8, 4) is 5.88 Å². The molecule has 0 unspecified atom stereocenters. The molecule has 8 heteroatoms.